The molecule has 0 unspecified atom stereocenters. The van der Waals surface area contributed by atoms with Gasteiger partial charge in [0.1, 0.15) is 0 Å². The molecule has 0 aliphatic heterocycles. The maximum absolute atomic E-state index is 11.2. The molecule has 0 bridgehead atoms. The molecule has 0 spiro atoms. The van der Waals surface area contributed by atoms with Gasteiger partial charge in [-0.3, -0.25) is 14.3 Å². The number of aromatic amines is 1. The maximum atomic E-state index is 11.2. The third-order valence-corrected chi connectivity index (χ3v) is 3.20. The lowest BCUT2D eigenvalue weighted by Crippen LogP contribution is -2.10. The van der Waals surface area contributed by atoms with Crippen molar-refractivity contribution in [3.8, 4) is 11.6 Å². The molecule has 0 aliphatic rings. The Bertz CT molecular complexity index is 880. The van der Waals surface area contributed by atoms with Gasteiger partial charge in [-0.25, -0.2) is 0 Å². The fraction of sp³-hybridized carbons (Fsp3) is 0. The molecular weight excluding hydrogens is 260 g/mol. The molecule has 1 aromatic heterocycles. The average Bonchev–Trinajstić information content (AvgIpc) is 2.37. The summed E-state index contributed by atoms with van der Waals surface area (Å²) in [7, 11) is 0. The molecule has 0 saturated carbocycles. The summed E-state index contributed by atoms with van der Waals surface area (Å²) in [6.45, 7) is 0. The fourth-order valence-electron chi connectivity index (χ4n) is 2.05. The van der Waals surface area contributed by atoms with Gasteiger partial charge in [0.15, 0.2) is 4.77 Å². The highest BCUT2D eigenvalue weighted by Crippen LogP contribution is 2.21. The van der Waals surface area contributed by atoms with Crippen molar-refractivity contribution < 1.29 is 5.11 Å². The lowest BCUT2D eigenvalue weighted by atomic mass is 10.1. The SMILES string of the molecule is O=c1cc(O)n(-c2ccc3ccccc3c2)c(=S)[nH]1. The number of fused-ring (bicyclic) bond motifs is 1. The number of aromatic hydroxyl groups is 1. The molecule has 0 aliphatic carbocycles. The van der Waals surface area contributed by atoms with Gasteiger partial charge in [-0.2, -0.15) is 0 Å². The highest BCUT2D eigenvalue weighted by atomic mass is 32.1. The zero-order chi connectivity index (χ0) is 13.4. The van der Waals surface area contributed by atoms with E-state index in [1.165, 1.54) is 4.57 Å². The summed E-state index contributed by atoms with van der Waals surface area (Å²) in [4.78, 5) is 13.7. The highest BCUT2D eigenvalue weighted by Gasteiger charge is 2.05. The van der Waals surface area contributed by atoms with E-state index in [9.17, 15) is 9.90 Å². The first-order valence-corrected chi connectivity index (χ1v) is 6.10. The molecule has 1 heterocycles. The van der Waals surface area contributed by atoms with Gasteiger partial charge in [0.25, 0.3) is 5.56 Å². The molecule has 0 fully saturated rings. The van der Waals surface area contributed by atoms with Crippen molar-refractivity contribution in [2.24, 2.45) is 0 Å². The Balaban J connectivity index is 2.31. The summed E-state index contributed by atoms with van der Waals surface area (Å²) in [6.07, 6.45) is 0. The Morgan fingerprint density at radius 3 is 2.53 bits per heavy atom. The Hall–Kier alpha value is -2.40. The molecule has 3 aromatic rings. The Kier molecular flexibility index (Phi) is 2.68. The molecule has 94 valence electrons. The zero-order valence-electron chi connectivity index (χ0n) is 9.83. The fourth-order valence-corrected chi connectivity index (χ4v) is 2.35. The Morgan fingerprint density at radius 1 is 1.05 bits per heavy atom. The van der Waals surface area contributed by atoms with Crippen LogP contribution in [-0.2, 0) is 0 Å². The smallest absolute Gasteiger partial charge is 0.255 e. The van der Waals surface area contributed by atoms with Crippen molar-refractivity contribution in [1.82, 2.24) is 9.55 Å². The summed E-state index contributed by atoms with van der Waals surface area (Å²) in [5, 5.41) is 12.0. The van der Waals surface area contributed by atoms with Crippen LogP contribution in [-0.4, -0.2) is 14.7 Å². The number of rotatable bonds is 1. The predicted molar refractivity (Wildman–Crippen MR) is 76.4 cm³/mol. The largest absolute Gasteiger partial charge is 0.494 e. The van der Waals surface area contributed by atoms with E-state index in [2.05, 4.69) is 4.98 Å². The van der Waals surface area contributed by atoms with Gasteiger partial charge < -0.3 is 5.11 Å². The maximum Gasteiger partial charge on any atom is 0.255 e. The van der Waals surface area contributed by atoms with E-state index >= 15 is 0 Å². The normalized spacial score (nSPS) is 10.7. The van der Waals surface area contributed by atoms with Gasteiger partial charge in [0.05, 0.1) is 11.8 Å². The molecule has 0 radical (unpaired) electrons. The van der Waals surface area contributed by atoms with Gasteiger partial charge in [0.2, 0.25) is 5.88 Å². The van der Waals surface area contributed by atoms with E-state index in [1.807, 2.05) is 42.5 Å². The number of H-pyrrole nitrogens is 1. The minimum absolute atomic E-state index is 0.167. The van der Waals surface area contributed by atoms with Crippen molar-refractivity contribution in [3.63, 3.8) is 0 Å². The van der Waals surface area contributed by atoms with Gasteiger partial charge in [-0.1, -0.05) is 30.3 Å². The monoisotopic (exact) mass is 270 g/mol. The molecule has 5 heteroatoms. The number of hydrogen-bond acceptors (Lipinski definition) is 3. The average molecular weight is 270 g/mol. The summed E-state index contributed by atoms with van der Waals surface area (Å²) in [5.41, 5.74) is 0.289. The lowest BCUT2D eigenvalue weighted by Gasteiger charge is -2.09. The van der Waals surface area contributed by atoms with Crippen molar-refractivity contribution in [3.05, 3.63) is 63.7 Å². The first-order valence-electron chi connectivity index (χ1n) is 5.70. The van der Waals surface area contributed by atoms with E-state index < -0.39 is 5.56 Å². The highest BCUT2D eigenvalue weighted by molar-refractivity contribution is 7.71. The summed E-state index contributed by atoms with van der Waals surface area (Å²) in [6, 6.07) is 14.7. The Labute approximate surface area is 113 Å². The molecule has 2 aromatic carbocycles. The van der Waals surface area contributed by atoms with E-state index in [0.717, 1.165) is 16.8 Å². The first kappa shape index (κ1) is 11.7. The zero-order valence-corrected chi connectivity index (χ0v) is 10.6. The first-order chi connectivity index (χ1) is 9.15. The molecule has 4 nitrogen and oxygen atoms in total. The van der Waals surface area contributed by atoms with Gasteiger partial charge in [-0.15, -0.1) is 0 Å². The van der Waals surface area contributed by atoms with Gasteiger partial charge in [-0.05, 0) is 35.1 Å². The van der Waals surface area contributed by atoms with Crippen molar-refractivity contribution in [2.75, 3.05) is 0 Å². The molecule has 0 amide bonds. The second-order valence-corrected chi connectivity index (χ2v) is 4.55. The molecule has 3 rings (SSSR count). The summed E-state index contributed by atoms with van der Waals surface area (Å²) >= 11 is 5.08. The number of aromatic nitrogens is 2. The van der Waals surface area contributed by atoms with Crippen LogP contribution in [0.15, 0.2) is 53.3 Å². The van der Waals surface area contributed by atoms with Gasteiger partial charge in [0, 0.05) is 0 Å². The van der Waals surface area contributed by atoms with E-state index in [0.29, 0.717) is 5.69 Å². The molecule has 19 heavy (non-hydrogen) atoms. The topological polar surface area (TPSA) is 58.0 Å². The van der Waals surface area contributed by atoms with Crippen molar-refractivity contribution in [2.45, 2.75) is 0 Å². The second-order valence-electron chi connectivity index (χ2n) is 4.16. The van der Waals surface area contributed by atoms with Gasteiger partial charge >= 0.3 is 0 Å². The van der Waals surface area contributed by atoms with E-state index in [4.69, 9.17) is 12.2 Å². The minimum atomic E-state index is -0.417. The number of nitrogens with one attached hydrogen (secondary N) is 1. The van der Waals surface area contributed by atoms with Crippen LogP contribution < -0.4 is 5.56 Å². The van der Waals surface area contributed by atoms with Crippen molar-refractivity contribution >= 4 is 23.0 Å². The third-order valence-electron chi connectivity index (χ3n) is 2.91. The number of hydrogen-bond donors (Lipinski definition) is 2. The van der Waals surface area contributed by atoms with Crippen LogP contribution in [0.1, 0.15) is 0 Å². The van der Waals surface area contributed by atoms with Crippen LogP contribution in [0.3, 0.4) is 0 Å². The minimum Gasteiger partial charge on any atom is -0.494 e. The summed E-state index contributed by atoms with van der Waals surface area (Å²) in [5.74, 6) is -0.177. The quantitative estimate of drug-likeness (QED) is 0.668. The van der Waals surface area contributed by atoms with E-state index in [1.54, 1.807) is 0 Å². The third kappa shape index (κ3) is 2.04. The van der Waals surface area contributed by atoms with Crippen LogP contribution in [0.2, 0.25) is 0 Å². The number of benzene rings is 2. The second kappa shape index (κ2) is 4.37. The van der Waals surface area contributed by atoms with Crippen LogP contribution in [0.4, 0.5) is 0 Å². The molecule has 0 atom stereocenters. The molecule has 2 N–H and O–H groups in total. The van der Waals surface area contributed by atoms with E-state index in [-0.39, 0.29) is 10.7 Å². The van der Waals surface area contributed by atoms with Crippen molar-refractivity contribution in [1.29, 1.82) is 0 Å². The Morgan fingerprint density at radius 2 is 1.79 bits per heavy atom. The summed E-state index contributed by atoms with van der Waals surface area (Å²) < 4.78 is 1.59. The molecule has 0 saturated heterocycles. The number of nitrogens with zero attached hydrogens (tertiary/aromatic N) is 1. The van der Waals surface area contributed by atoms with Crippen LogP contribution in [0.5, 0.6) is 5.88 Å². The molecular formula is C14H10N2O2S. The van der Waals surface area contributed by atoms with Crippen LogP contribution in [0, 0.1) is 4.77 Å². The lowest BCUT2D eigenvalue weighted by molar-refractivity contribution is 0.433. The van der Waals surface area contributed by atoms with Crippen LogP contribution >= 0.6 is 12.2 Å². The predicted octanol–water partition coefficient (Wildman–Crippen LogP) is 2.75. The van der Waals surface area contributed by atoms with Crippen LogP contribution in [0.25, 0.3) is 16.5 Å². The standard InChI is InChI=1S/C14H10N2O2S/c17-12-8-13(18)16(14(19)15-12)11-6-5-9-3-1-2-4-10(9)7-11/h1-8,18H,(H,15,17,19).